The van der Waals surface area contributed by atoms with Crippen molar-refractivity contribution in [3.63, 3.8) is 0 Å². The van der Waals surface area contributed by atoms with Crippen LogP contribution in [0.4, 0.5) is 0 Å². The van der Waals surface area contributed by atoms with E-state index in [2.05, 4.69) is 9.97 Å². The van der Waals surface area contributed by atoms with Gasteiger partial charge in [0, 0.05) is 6.54 Å². The van der Waals surface area contributed by atoms with Crippen molar-refractivity contribution in [2.24, 2.45) is 0 Å². The van der Waals surface area contributed by atoms with E-state index < -0.39 is 17.2 Å². The van der Waals surface area contributed by atoms with Crippen LogP contribution in [0.5, 0.6) is 0 Å². The van der Waals surface area contributed by atoms with Gasteiger partial charge in [-0.3, -0.25) is 14.7 Å². The number of hydrogen-bond donors (Lipinski definition) is 3. The first kappa shape index (κ1) is 15.5. The van der Waals surface area contributed by atoms with E-state index in [-0.39, 0.29) is 30.2 Å². The van der Waals surface area contributed by atoms with Crippen LogP contribution in [0, 0.1) is 0 Å². The molecule has 0 saturated carbocycles. The summed E-state index contributed by atoms with van der Waals surface area (Å²) in [6.45, 7) is 1.95. The highest BCUT2D eigenvalue weighted by Gasteiger charge is 2.19. The second-order valence-electron chi connectivity index (χ2n) is 4.40. The lowest BCUT2D eigenvalue weighted by molar-refractivity contribution is -0.0000196. The maximum absolute atomic E-state index is 11.7. The standard InChI is InChI=1S/C11H15N3O4.ClH/c15-9-7(6-14-4-2-1-3-5-14)8(10(16)17)12-11(18)13-9;/h1-6H2,(H,16,17)(H2,12,13,15,18);1H/p-1. The molecule has 106 valence electrons. The van der Waals surface area contributed by atoms with Crippen LogP contribution in [0.15, 0.2) is 9.59 Å². The Kier molecular flexibility index (Phi) is 5.31. The first-order chi connectivity index (χ1) is 8.58. The van der Waals surface area contributed by atoms with Gasteiger partial charge >= 0.3 is 11.7 Å². The molecule has 0 aliphatic carbocycles. The Morgan fingerprint density at radius 3 is 2.37 bits per heavy atom. The number of halogens is 1. The molecule has 1 aliphatic rings. The van der Waals surface area contributed by atoms with Gasteiger partial charge in [0.2, 0.25) is 0 Å². The third-order valence-electron chi connectivity index (χ3n) is 3.09. The molecule has 0 bridgehead atoms. The largest absolute Gasteiger partial charge is 1.00 e. The van der Waals surface area contributed by atoms with Gasteiger partial charge < -0.3 is 22.5 Å². The van der Waals surface area contributed by atoms with Gasteiger partial charge in [-0.05, 0) is 25.9 Å². The number of carboxylic acids is 1. The minimum Gasteiger partial charge on any atom is -1.00 e. The number of carboxylic acid groups (broad SMARTS) is 1. The van der Waals surface area contributed by atoms with Crippen LogP contribution in [0.25, 0.3) is 0 Å². The molecule has 7 nitrogen and oxygen atoms in total. The smallest absolute Gasteiger partial charge is 0.352 e. The quantitative estimate of drug-likeness (QED) is 0.542. The molecule has 1 aromatic rings. The molecule has 2 heterocycles. The maximum atomic E-state index is 11.7. The van der Waals surface area contributed by atoms with Gasteiger partial charge in [-0.25, -0.2) is 9.59 Å². The molecule has 0 aromatic carbocycles. The van der Waals surface area contributed by atoms with Crippen molar-refractivity contribution < 1.29 is 22.3 Å². The fourth-order valence-corrected chi connectivity index (χ4v) is 2.19. The van der Waals surface area contributed by atoms with E-state index >= 15 is 0 Å². The van der Waals surface area contributed by atoms with Crippen LogP contribution in [-0.4, -0.2) is 39.0 Å². The van der Waals surface area contributed by atoms with Crippen molar-refractivity contribution in [3.8, 4) is 0 Å². The molecule has 0 atom stereocenters. The Balaban J connectivity index is 0.00000180. The molecule has 0 radical (unpaired) electrons. The number of likely N-dealkylation sites (tertiary alicyclic amines) is 1. The highest BCUT2D eigenvalue weighted by atomic mass is 35.5. The van der Waals surface area contributed by atoms with Gasteiger partial charge in [0.1, 0.15) is 5.69 Å². The molecule has 0 unspecified atom stereocenters. The van der Waals surface area contributed by atoms with Gasteiger partial charge in [0.25, 0.3) is 5.56 Å². The summed E-state index contributed by atoms with van der Waals surface area (Å²) in [5, 5.41) is 9.00. The number of carbonyl (C=O) groups is 1. The monoisotopic (exact) mass is 288 g/mol. The van der Waals surface area contributed by atoms with Gasteiger partial charge in [-0.15, -0.1) is 0 Å². The molecule has 1 saturated heterocycles. The predicted molar refractivity (Wildman–Crippen MR) is 63.8 cm³/mol. The fourth-order valence-electron chi connectivity index (χ4n) is 2.19. The Morgan fingerprint density at radius 2 is 1.79 bits per heavy atom. The van der Waals surface area contributed by atoms with Crippen molar-refractivity contribution in [1.29, 1.82) is 0 Å². The summed E-state index contributed by atoms with van der Waals surface area (Å²) in [4.78, 5) is 40.0. The Hall–Kier alpha value is -1.60. The number of nitrogens with one attached hydrogen (secondary N) is 2. The van der Waals surface area contributed by atoms with Gasteiger partial charge in [-0.1, -0.05) is 6.42 Å². The highest BCUT2D eigenvalue weighted by Crippen LogP contribution is 2.12. The minimum absolute atomic E-state index is 0. The number of piperidine rings is 1. The third kappa shape index (κ3) is 3.68. The number of H-pyrrole nitrogens is 2. The summed E-state index contributed by atoms with van der Waals surface area (Å²) < 4.78 is 0. The molecular formula is C11H15ClN3O4-. The molecule has 2 rings (SSSR count). The molecule has 3 N–H and O–H groups in total. The van der Waals surface area contributed by atoms with Crippen LogP contribution in [-0.2, 0) is 6.54 Å². The summed E-state index contributed by atoms with van der Waals surface area (Å²) in [6.07, 6.45) is 3.25. The van der Waals surface area contributed by atoms with E-state index in [0.29, 0.717) is 0 Å². The van der Waals surface area contributed by atoms with Gasteiger partial charge in [-0.2, -0.15) is 0 Å². The third-order valence-corrected chi connectivity index (χ3v) is 3.09. The number of nitrogens with zero attached hydrogens (tertiary/aromatic N) is 1. The van der Waals surface area contributed by atoms with Gasteiger partial charge in [0.05, 0.1) is 5.56 Å². The number of hydrogen-bond acceptors (Lipinski definition) is 4. The lowest BCUT2D eigenvalue weighted by atomic mass is 10.1. The van der Waals surface area contributed by atoms with E-state index in [1.807, 2.05) is 4.90 Å². The average molecular weight is 289 g/mol. The highest BCUT2D eigenvalue weighted by molar-refractivity contribution is 5.86. The first-order valence-electron chi connectivity index (χ1n) is 5.89. The van der Waals surface area contributed by atoms with Crippen molar-refractivity contribution in [3.05, 3.63) is 32.1 Å². The Morgan fingerprint density at radius 1 is 1.16 bits per heavy atom. The number of aromatic carboxylic acids is 1. The molecule has 0 amide bonds. The van der Waals surface area contributed by atoms with Crippen molar-refractivity contribution in [2.75, 3.05) is 13.1 Å². The van der Waals surface area contributed by atoms with Crippen LogP contribution >= 0.6 is 0 Å². The van der Waals surface area contributed by atoms with Crippen LogP contribution in [0.2, 0.25) is 0 Å². The zero-order valence-corrected chi connectivity index (χ0v) is 11.0. The molecule has 0 spiro atoms. The molecule has 19 heavy (non-hydrogen) atoms. The summed E-state index contributed by atoms with van der Waals surface area (Å²) in [6, 6.07) is 0. The molecular weight excluding hydrogens is 274 g/mol. The van der Waals surface area contributed by atoms with Crippen molar-refractivity contribution >= 4 is 5.97 Å². The second kappa shape index (κ2) is 6.53. The van der Waals surface area contributed by atoms with E-state index in [1.54, 1.807) is 0 Å². The molecule has 1 fully saturated rings. The summed E-state index contributed by atoms with van der Waals surface area (Å²) in [5.41, 5.74) is -1.61. The average Bonchev–Trinajstić information content (AvgIpc) is 2.33. The summed E-state index contributed by atoms with van der Waals surface area (Å²) in [7, 11) is 0. The predicted octanol–water partition coefficient (Wildman–Crippen LogP) is -3.25. The van der Waals surface area contributed by atoms with Crippen molar-refractivity contribution in [1.82, 2.24) is 14.9 Å². The van der Waals surface area contributed by atoms with E-state index in [0.717, 1.165) is 32.4 Å². The number of aromatic amines is 2. The first-order valence-corrected chi connectivity index (χ1v) is 5.89. The van der Waals surface area contributed by atoms with E-state index in [1.165, 1.54) is 0 Å². The minimum atomic E-state index is -1.29. The number of aromatic nitrogens is 2. The summed E-state index contributed by atoms with van der Waals surface area (Å²) >= 11 is 0. The second-order valence-corrected chi connectivity index (χ2v) is 4.40. The molecule has 8 heteroatoms. The van der Waals surface area contributed by atoms with Crippen LogP contribution in [0.3, 0.4) is 0 Å². The Bertz CT molecular complexity index is 560. The zero-order valence-electron chi connectivity index (χ0n) is 10.2. The maximum Gasteiger partial charge on any atom is 0.352 e. The van der Waals surface area contributed by atoms with E-state index in [4.69, 9.17) is 5.11 Å². The van der Waals surface area contributed by atoms with Crippen LogP contribution < -0.4 is 23.7 Å². The SMILES string of the molecule is O=C(O)c1[nH]c(=O)[nH]c(=O)c1CN1CCCCC1.[Cl-]. The summed E-state index contributed by atoms with van der Waals surface area (Å²) in [5.74, 6) is -1.29. The normalized spacial score (nSPS) is 15.8. The van der Waals surface area contributed by atoms with Crippen molar-refractivity contribution in [2.45, 2.75) is 25.8 Å². The van der Waals surface area contributed by atoms with E-state index in [9.17, 15) is 14.4 Å². The molecule has 1 aliphatic heterocycles. The Labute approximate surface area is 115 Å². The topological polar surface area (TPSA) is 106 Å². The van der Waals surface area contributed by atoms with Crippen LogP contribution in [0.1, 0.15) is 35.3 Å². The lowest BCUT2D eigenvalue weighted by Gasteiger charge is -2.26. The fraction of sp³-hybridized carbons (Fsp3) is 0.545. The lowest BCUT2D eigenvalue weighted by Crippen LogP contribution is -3.00. The zero-order chi connectivity index (χ0) is 13.1. The molecule has 1 aromatic heterocycles. The van der Waals surface area contributed by atoms with Gasteiger partial charge in [0.15, 0.2) is 0 Å². The number of rotatable bonds is 3.